The minimum Gasteiger partial charge on any atom is -0.441 e. The first-order valence-corrected chi connectivity index (χ1v) is 8.99. The molecule has 0 bridgehead atoms. The maximum absolute atomic E-state index is 12.4. The molecule has 2 heterocycles. The van der Waals surface area contributed by atoms with Crippen LogP contribution in [0.3, 0.4) is 0 Å². The van der Waals surface area contributed by atoms with E-state index in [1.807, 2.05) is 19.1 Å². The molecule has 134 valence electrons. The van der Waals surface area contributed by atoms with Crippen molar-refractivity contribution in [3.63, 3.8) is 0 Å². The molecule has 26 heavy (non-hydrogen) atoms. The number of carbonyl (C=O) groups is 1. The monoisotopic (exact) mass is 369 g/mol. The van der Waals surface area contributed by atoms with Crippen LogP contribution in [0.5, 0.6) is 0 Å². The highest BCUT2D eigenvalue weighted by Gasteiger charge is 2.16. The summed E-state index contributed by atoms with van der Waals surface area (Å²) in [6, 6.07) is 10.8. The summed E-state index contributed by atoms with van der Waals surface area (Å²) < 4.78 is 5.80. The molecule has 0 saturated carbocycles. The first kappa shape index (κ1) is 18.1. The van der Waals surface area contributed by atoms with Gasteiger partial charge < -0.3 is 14.6 Å². The maximum Gasteiger partial charge on any atom is 0.266 e. The van der Waals surface area contributed by atoms with Gasteiger partial charge in [0.25, 0.3) is 5.91 Å². The molecule has 0 atom stereocenters. The Hall–Kier alpha value is -2.71. The van der Waals surface area contributed by atoms with Crippen LogP contribution in [0, 0.1) is 18.3 Å². The highest BCUT2D eigenvalue weighted by Crippen LogP contribution is 2.24. The third kappa shape index (κ3) is 4.27. The van der Waals surface area contributed by atoms with Crippen molar-refractivity contribution in [1.29, 1.82) is 5.26 Å². The minimum atomic E-state index is -0.478. The minimum absolute atomic E-state index is 0.0149. The average molecular weight is 370 g/mol. The summed E-state index contributed by atoms with van der Waals surface area (Å²) in [5, 5.41) is 12.7. The molecule has 1 aromatic heterocycles. The van der Waals surface area contributed by atoms with Gasteiger partial charge >= 0.3 is 0 Å². The summed E-state index contributed by atoms with van der Waals surface area (Å²) in [5.74, 6) is 0.793. The van der Waals surface area contributed by atoms with Crippen LogP contribution in [0.25, 0.3) is 6.08 Å². The Labute approximate surface area is 157 Å². The van der Waals surface area contributed by atoms with Crippen molar-refractivity contribution in [2.75, 3.05) is 23.3 Å². The summed E-state index contributed by atoms with van der Waals surface area (Å²) in [4.78, 5) is 14.6. The Morgan fingerprint density at radius 3 is 2.73 bits per heavy atom. The first-order valence-electron chi connectivity index (χ1n) is 8.61. The molecular formula is C20H20ClN3O2. The van der Waals surface area contributed by atoms with Gasteiger partial charge in [-0.1, -0.05) is 11.6 Å². The van der Waals surface area contributed by atoms with E-state index in [0.29, 0.717) is 16.5 Å². The third-order valence-corrected chi connectivity index (χ3v) is 4.60. The fourth-order valence-electron chi connectivity index (χ4n) is 2.95. The molecule has 1 amide bonds. The topological polar surface area (TPSA) is 69.3 Å². The Balaban J connectivity index is 1.74. The quantitative estimate of drug-likeness (QED) is 0.622. The molecule has 1 aliphatic heterocycles. The second-order valence-corrected chi connectivity index (χ2v) is 6.74. The van der Waals surface area contributed by atoms with E-state index in [0.717, 1.165) is 37.4 Å². The van der Waals surface area contributed by atoms with Crippen LogP contribution >= 0.6 is 11.6 Å². The number of rotatable bonds is 4. The van der Waals surface area contributed by atoms with Gasteiger partial charge in [-0.05, 0) is 56.0 Å². The Morgan fingerprint density at radius 1 is 1.27 bits per heavy atom. The van der Waals surface area contributed by atoms with E-state index in [9.17, 15) is 10.1 Å². The number of piperidine rings is 1. The van der Waals surface area contributed by atoms with Crippen LogP contribution < -0.4 is 10.2 Å². The fourth-order valence-corrected chi connectivity index (χ4v) is 3.18. The number of hydrogen-bond donors (Lipinski definition) is 1. The summed E-state index contributed by atoms with van der Waals surface area (Å²) in [7, 11) is 0. The molecule has 0 unspecified atom stereocenters. The number of halogens is 1. The van der Waals surface area contributed by atoms with Gasteiger partial charge in [-0.25, -0.2) is 0 Å². The van der Waals surface area contributed by atoms with Crippen molar-refractivity contribution in [2.45, 2.75) is 26.2 Å². The molecule has 1 N–H and O–H groups in total. The first-order chi connectivity index (χ1) is 12.6. The number of anilines is 2. The molecule has 0 aliphatic carbocycles. The van der Waals surface area contributed by atoms with Gasteiger partial charge in [0, 0.05) is 35.9 Å². The molecule has 1 aliphatic rings. The van der Waals surface area contributed by atoms with Gasteiger partial charge in [-0.15, -0.1) is 0 Å². The average Bonchev–Trinajstić information content (AvgIpc) is 3.11. The second kappa shape index (κ2) is 8.11. The van der Waals surface area contributed by atoms with Crippen molar-refractivity contribution in [3.05, 3.63) is 52.3 Å². The molecule has 1 saturated heterocycles. The zero-order valence-electron chi connectivity index (χ0n) is 14.6. The predicted molar refractivity (Wildman–Crippen MR) is 103 cm³/mol. The number of aryl methyl sites for hydroxylation is 1. The number of benzene rings is 1. The van der Waals surface area contributed by atoms with Crippen molar-refractivity contribution in [2.24, 2.45) is 0 Å². The maximum atomic E-state index is 12.4. The number of nitrogens with one attached hydrogen (secondary N) is 1. The smallest absolute Gasteiger partial charge is 0.266 e. The lowest BCUT2D eigenvalue weighted by Gasteiger charge is -2.25. The standard InChI is InChI=1S/C20H20ClN3O2/c1-14-11-16(21)5-7-18(14)23-20(25)15(13-22)12-17-6-8-19(26-17)24-9-3-2-4-10-24/h5-8,11-12H,2-4,9-10H2,1H3,(H,23,25)/b15-12+. The summed E-state index contributed by atoms with van der Waals surface area (Å²) in [6.07, 6.45) is 5.01. The molecule has 0 radical (unpaired) electrons. The number of hydrogen-bond acceptors (Lipinski definition) is 4. The largest absolute Gasteiger partial charge is 0.441 e. The van der Waals surface area contributed by atoms with Crippen LogP contribution in [0.4, 0.5) is 11.6 Å². The molecular weight excluding hydrogens is 350 g/mol. The number of nitrogens with zero attached hydrogens (tertiary/aromatic N) is 2. The van der Waals surface area contributed by atoms with Crippen molar-refractivity contribution < 1.29 is 9.21 Å². The van der Waals surface area contributed by atoms with Crippen molar-refractivity contribution >= 4 is 35.2 Å². The number of nitriles is 1. The van der Waals surface area contributed by atoms with Gasteiger partial charge in [-0.3, -0.25) is 4.79 Å². The lowest BCUT2D eigenvalue weighted by molar-refractivity contribution is -0.112. The zero-order chi connectivity index (χ0) is 18.5. The summed E-state index contributed by atoms with van der Waals surface area (Å²) in [5.41, 5.74) is 1.43. The summed E-state index contributed by atoms with van der Waals surface area (Å²) >= 11 is 5.92. The third-order valence-electron chi connectivity index (χ3n) is 4.37. The van der Waals surface area contributed by atoms with Crippen LogP contribution in [-0.2, 0) is 4.79 Å². The van der Waals surface area contributed by atoms with Crippen LogP contribution in [0.15, 0.2) is 40.3 Å². The second-order valence-electron chi connectivity index (χ2n) is 6.31. The summed E-state index contributed by atoms with van der Waals surface area (Å²) in [6.45, 7) is 3.78. The van der Waals surface area contributed by atoms with E-state index in [1.54, 1.807) is 24.3 Å². The SMILES string of the molecule is Cc1cc(Cl)ccc1NC(=O)/C(C#N)=C/c1ccc(N2CCCCC2)o1. The Morgan fingerprint density at radius 2 is 2.04 bits per heavy atom. The number of amides is 1. The van der Waals surface area contributed by atoms with E-state index in [2.05, 4.69) is 10.2 Å². The van der Waals surface area contributed by atoms with Gasteiger partial charge in [0.2, 0.25) is 0 Å². The van der Waals surface area contributed by atoms with E-state index < -0.39 is 5.91 Å². The van der Waals surface area contributed by atoms with E-state index in [-0.39, 0.29) is 5.57 Å². The molecule has 6 heteroatoms. The predicted octanol–water partition coefficient (Wildman–Crippen LogP) is 4.78. The van der Waals surface area contributed by atoms with E-state index in [4.69, 9.17) is 16.0 Å². The fraction of sp³-hybridized carbons (Fsp3) is 0.300. The normalized spacial score (nSPS) is 14.8. The molecule has 1 aromatic carbocycles. The molecule has 0 spiro atoms. The highest BCUT2D eigenvalue weighted by molar-refractivity contribution is 6.30. The molecule has 5 nitrogen and oxygen atoms in total. The van der Waals surface area contributed by atoms with Gasteiger partial charge in [-0.2, -0.15) is 5.26 Å². The van der Waals surface area contributed by atoms with E-state index >= 15 is 0 Å². The number of furan rings is 1. The lowest BCUT2D eigenvalue weighted by atomic mass is 10.1. The van der Waals surface area contributed by atoms with Crippen LogP contribution in [0.2, 0.25) is 5.02 Å². The van der Waals surface area contributed by atoms with Gasteiger partial charge in [0.15, 0.2) is 5.88 Å². The van der Waals surface area contributed by atoms with Gasteiger partial charge in [0.05, 0.1) is 0 Å². The van der Waals surface area contributed by atoms with Crippen LogP contribution in [0.1, 0.15) is 30.6 Å². The lowest BCUT2D eigenvalue weighted by Crippen LogP contribution is -2.28. The Bertz CT molecular complexity index is 873. The van der Waals surface area contributed by atoms with E-state index in [1.165, 1.54) is 12.5 Å². The zero-order valence-corrected chi connectivity index (χ0v) is 15.3. The molecule has 2 aromatic rings. The van der Waals surface area contributed by atoms with Crippen LogP contribution in [-0.4, -0.2) is 19.0 Å². The van der Waals surface area contributed by atoms with Crippen molar-refractivity contribution in [3.8, 4) is 6.07 Å². The van der Waals surface area contributed by atoms with Crippen molar-refractivity contribution in [1.82, 2.24) is 0 Å². The van der Waals surface area contributed by atoms with Gasteiger partial charge in [0.1, 0.15) is 17.4 Å². The molecule has 1 fully saturated rings. The molecule has 3 rings (SSSR count). The number of carbonyl (C=O) groups excluding carboxylic acids is 1. The highest BCUT2D eigenvalue weighted by atomic mass is 35.5. The Kier molecular flexibility index (Phi) is 5.65.